The number of hydrogen-bond acceptors (Lipinski definition) is 5. The van der Waals surface area contributed by atoms with Gasteiger partial charge in [0.25, 0.3) is 10.0 Å². The Morgan fingerprint density at radius 1 is 1.24 bits per heavy atom. The summed E-state index contributed by atoms with van der Waals surface area (Å²) in [5.74, 6) is 0.120. The highest BCUT2D eigenvalue weighted by Crippen LogP contribution is 2.36. The number of hydrogen-bond donors (Lipinski definition) is 1. The van der Waals surface area contributed by atoms with Crippen molar-refractivity contribution < 1.29 is 12.9 Å². The van der Waals surface area contributed by atoms with E-state index in [4.69, 9.17) is 10.3 Å². The van der Waals surface area contributed by atoms with Gasteiger partial charge in [0.05, 0.1) is 5.69 Å². The highest BCUT2D eigenvalue weighted by molar-refractivity contribution is 7.93. The van der Waals surface area contributed by atoms with Crippen molar-refractivity contribution in [3.63, 3.8) is 0 Å². The molecule has 3 rings (SSSR count). The lowest BCUT2D eigenvalue weighted by molar-refractivity contribution is 0.396. The third-order valence-electron chi connectivity index (χ3n) is 3.93. The predicted molar refractivity (Wildman–Crippen MR) is 79.8 cm³/mol. The molecule has 0 unspecified atom stereocenters. The Balaban J connectivity index is 2.15. The van der Waals surface area contributed by atoms with E-state index in [0.29, 0.717) is 13.0 Å². The fourth-order valence-corrected chi connectivity index (χ4v) is 4.37. The molecule has 21 heavy (non-hydrogen) atoms. The molecule has 2 N–H and O–H groups in total. The average Bonchev–Trinajstić information content (AvgIpc) is 2.94. The van der Waals surface area contributed by atoms with Gasteiger partial charge in [-0.3, -0.25) is 4.31 Å². The third kappa shape index (κ3) is 1.99. The van der Waals surface area contributed by atoms with E-state index in [1.807, 2.05) is 26.0 Å². The van der Waals surface area contributed by atoms with Crippen LogP contribution in [0.1, 0.15) is 22.5 Å². The van der Waals surface area contributed by atoms with Gasteiger partial charge in [0.2, 0.25) is 0 Å². The van der Waals surface area contributed by atoms with Gasteiger partial charge in [-0.05, 0) is 49.9 Å². The van der Waals surface area contributed by atoms with Crippen molar-refractivity contribution in [1.29, 1.82) is 0 Å². The van der Waals surface area contributed by atoms with E-state index >= 15 is 0 Å². The summed E-state index contributed by atoms with van der Waals surface area (Å²) in [5.41, 5.74) is 9.64. The summed E-state index contributed by atoms with van der Waals surface area (Å²) in [7, 11) is -3.75. The number of aromatic nitrogens is 1. The summed E-state index contributed by atoms with van der Waals surface area (Å²) in [4.78, 5) is -0.0337. The zero-order chi connectivity index (χ0) is 15.4. The van der Waals surface area contributed by atoms with Crippen LogP contribution >= 0.6 is 0 Å². The molecule has 2 aromatic rings. The lowest BCUT2D eigenvalue weighted by atomic mass is 10.0. The molecule has 2 heterocycles. The molecule has 1 aliphatic heterocycles. The summed E-state index contributed by atoms with van der Waals surface area (Å²) < 4.78 is 32.0. The number of fused-ring (bicyclic) bond motifs is 1. The van der Waals surface area contributed by atoms with Crippen molar-refractivity contribution >= 4 is 21.5 Å². The lowest BCUT2D eigenvalue weighted by Gasteiger charge is -2.19. The summed E-state index contributed by atoms with van der Waals surface area (Å²) in [6.07, 6.45) is 0.694. The van der Waals surface area contributed by atoms with Crippen molar-refractivity contribution in [2.24, 2.45) is 0 Å². The molecule has 6 nitrogen and oxygen atoms in total. The van der Waals surface area contributed by atoms with Gasteiger partial charge in [0, 0.05) is 6.54 Å². The zero-order valence-electron chi connectivity index (χ0n) is 12.2. The standard InChI is InChI=1S/C14H17N3O3S/c1-8-6-11-4-5-17(12(11)7-9(8)2)21(18,19)13-10(3)20-16-14(13)15/h6-7H,4-5H2,1-3H3,(H2,15,16). The quantitative estimate of drug-likeness (QED) is 0.915. The Kier molecular flexibility index (Phi) is 2.98. The first kappa shape index (κ1) is 13.9. The zero-order valence-corrected chi connectivity index (χ0v) is 13.0. The van der Waals surface area contributed by atoms with Gasteiger partial charge < -0.3 is 10.3 Å². The minimum absolute atomic E-state index is 0.0337. The molecule has 0 bridgehead atoms. The largest absolute Gasteiger partial charge is 0.380 e. The minimum Gasteiger partial charge on any atom is -0.380 e. The van der Waals surface area contributed by atoms with Gasteiger partial charge in [-0.25, -0.2) is 8.42 Å². The molecule has 0 fully saturated rings. The van der Waals surface area contributed by atoms with Crippen LogP contribution in [0.5, 0.6) is 0 Å². The minimum atomic E-state index is -3.75. The highest BCUT2D eigenvalue weighted by Gasteiger charge is 2.35. The van der Waals surface area contributed by atoms with Crippen LogP contribution in [0.2, 0.25) is 0 Å². The summed E-state index contributed by atoms with van der Waals surface area (Å²) in [6, 6.07) is 3.96. The SMILES string of the molecule is Cc1cc2c(cc1C)N(S(=O)(=O)c1c(N)noc1C)CC2. The van der Waals surface area contributed by atoms with Gasteiger partial charge in [-0.1, -0.05) is 11.2 Å². The Morgan fingerprint density at radius 3 is 2.52 bits per heavy atom. The van der Waals surface area contributed by atoms with Crippen LogP contribution in [0.25, 0.3) is 0 Å². The Morgan fingerprint density at radius 2 is 1.90 bits per heavy atom. The molecule has 0 radical (unpaired) electrons. The van der Waals surface area contributed by atoms with Crippen molar-refractivity contribution in [3.8, 4) is 0 Å². The van der Waals surface area contributed by atoms with Gasteiger partial charge in [0.1, 0.15) is 0 Å². The van der Waals surface area contributed by atoms with Crippen LogP contribution in [0, 0.1) is 20.8 Å². The number of aryl methyl sites for hydroxylation is 3. The number of anilines is 2. The molecule has 0 spiro atoms. The first-order valence-electron chi connectivity index (χ1n) is 6.67. The normalized spacial score (nSPS) is 14.5. The molecule has 1 aliphatic rings. The van der Waals surface area contributed by atoms with Crippen LogP contribution < -0.4 is 10.0 Å². The monoisotopic (exact) mass is 307 g/mol. The fraction of sp³-hybridized carbons (Fsp3) is 0.357. The Labute approximate surface area is 123 Å². The molecule has 7 heteroatoms. The van der Waals surface area contributed by atoms with Gasteiger partial charge in [-0.2, -0.15) is 0 Å². The second kappa shape index (κ2) is 4.49. The van der Waals surface area contributed by atoms with E-state index in [2.05, 4.69) is 5.16 Å². The summed E-state index contributed by atoms with van der Waals surface area (Å²) in [5, 5.41) is 3.54. The molecular weight excluding hydrogens is 290 g/mol. The second-order valence-electron chi connectivity index (χ2n) is 5.35. The van der Waals surface area contributed by atoms with Crippen LogP contribution in [-0.4, -0.2) is 20.1 Å². The van der Waals surface area contributed by atoms with Crippen molar-refractivity contribution in [2.75, 3.05) is 16.6 Å². The smallest absolute Gasteiger partial charge is 0.271 e. The predicted octanol–water partition coefficient (Wildman–Crippen LogP) is 1.93. The van der Waals surface area contributed by atoms with E-state index in [9.17, 15) is 8.42 Å². The van der Waals surface area contributed by atoms with Gasteiger partial charge in [-0.15, -0.1) is 0 Å². The first-order chi connectivity index (χ1) is 9.82. The average molecular weight is 307 g/mol. The van der Waals surface area contributed by atoms with Crippen LogP contribution in [0.4, 0.5) is 11.5 Å². The maximum atomic E-state index is 12.8. The summed E-state index contributed by atoms with van der Waals surface area (Å²) >= 11 is 0. The number of nitrogens with zero attached hydrogens (tertiary/aromatic N) is 2. The molecule has 1 aromatic carbocycles. The van der Waals surface area contributed by atoms with Gasteiger partial charge in [0.15, 0.2) is 16.5 Å². The number of nitrogen functional groups attached to an aromatic ring is 1. The maximum absolute atomic E-state index is 12.8. The molecule has 0 amide bonds. The molecule has 0 aliphatic carbocycles. The summed E-state index contributed by atoms with van der Waals surface area (Å²) in [6.45, 7) is 5.95. The number of rotatable bonds is 2. The fourth-order valence-electron chi connectivity index (χ4n) is 2.69. The maximum Gasteiger partial charge on any atom is 0.271 e. The van der Waals surface area contributed by atoms with Gasteiger partial charge >= 0.3 is 0 Å². The third-order valence-corrected chi connectivity index (χ3v) is 5.90. The number of benzene rings is 1. The Bertz CT molecular complexity index is 805. The van der Waals surface area contributed by atoms with E-state index < -0.39 is 10.0 Å². The molecule has 0 saturated carbocycles. The Hall–Kier alpha value is -2.02. The molecule has 112 valence electrons. The van der Waals surface area contributed by atoms with E-state index in [-0.39, 0.29) is 16.5 Å². The van der Waals surface area contributed by atoms with Crippen molar-refractivity contribution in [1.82, 2.24) is 5.16 Å². The molecule has 0 saturated heterocycles. The van der Waals surface area contributed by atoms with E-state index in [0.717, 1.165) is 22.4 Å². The number of sulfonamides is 1. The topological polar surface area (TPSA) is 89.4 Å². The highest BCUT2D eigenvalue weighted by atomic mass is 32.2. The molecule has 1 aromatic heterocycles. The van der Waals surface area contributed by atoms with Crippen LogP contribution in [-0.2, 0) is 16.4 Å². The second-order valence-corrected chi connectivity index (χ2v) is 7.14. The van der Waals surface area contributed by atoms with E-state index in [1.54, 1.807) is 6.92 Å². The number of nitrogens with two attached hydrogens (primary N) is 1. The molecular formula is C14H17N3O3S. The van der Waals surface area contributed by atoms with Crippen LogP contribution in [0.3, 0.4) is 0 Å². The van der Waals surface area contributed by atoms with E-state index in [1.165, 1.54) is 4.31 Å². The lowest BCUT2D eigenvalue weighted by Crippen LogP contribution is -2.30. The first-order valence-corrected chi connectivity index (χ1v) is 8.11. The van der Waals surface area contributed by atoms with Crippen molar-refractivity contribution in [2.45, 2.75) is 32.1 Å². The molecule has 0 atom stereocenters. The van der Waals surface area contributed by atoms with Crippen molar-refractivity contribution in [3.05, 3.63) is 34.6 Å². The van der Waals surface area contributed by atoms with Crippen LogP contribution in [0.15, 0.2) is 21.6 Å².